The van der Waals surface area contributed by atoms with Crippen molar-refractivity contribution in [1.29, 1.82) is 0 Å². The molecule has 0 heterocycles. The van der Waals surface area contributed by atoms with Gasteiger partial charge in [0, 0.05) is 51.4 Å². The summed E-state index contributed by atoms with van der Waals surface area (Å²) in [5.41, 5.74) is 43.6. The van der Waals surface area contributed by atoms with Crippen molar-refractivity contribution in [2.45, 2.75) is 88.4 Å². The Labute approximate surface area is 457 Å². The van der Waals surface area contributed by atoms with Gasteiger partial charge in [0.1, 0.15) is 10.3 Å². The van der Waals surface area contributed by atoms with Crippen LogP contribution in [0.2, 0.25) is 10.0 Å². The number of nitrogens with two attached hydrogens (primary N) is 5. The van der Waals surface area contributed by atoms with Crippen LogP contribution in [0.25, 0.3) is 22.3 Å². The zero-order valence-electron chi connectivity index (χ0n) is 41.8. The predicted octanol–water partition coefficient (Wildman–Crippen LogP) is 18.0. The summed E-state index contributed by atoms with van der Waals surface area (Å²) in [5, 5.41) is 0.878. The normalized spacial score (nSPS) is 21.8. The van der Waals surface area contributed by atoms with E-state index in [1.165, 1.54) is 78.1 Å². The summed E-state index contributed by atoms with van der Waals surface area (Å²) in [5.74, 6) is 2.54. The van der Waals surface area contributed by atoms with Crippen molar-refractivity contribution in [2.75, 3.05) is 28.7 Å². The molecule has 6 aliphatic carbocycles. The van der Waals surface area contributed by atoms with Gasteiger partial charge in [-0.3, -0.25) is 0 Å². The van der Waals surface area contributed by atoms with Crippen LogP contribution in [0.15, 0.2) is 144 Å². The zero-order chi connectivity index (χ0) is 53.4. The first kappa shape index (κ1) is 54.0. The molecule has 390 valence electrons. The SMILES string of the molecule is CC(C)C1C2CCC1c1c(N)cccc12.Nc1ccc(F)cc1-c1ccc(Cl)c(Cl)c1.Nc1cccc2c1C1CCC2C1=C(Cl)Cl.Nc1ccccc1-c1cc(F)c(F)c(F)c1.Nc1ccccc1C1CC1C1CC1. The molecule has 0 aromatic heterocycles. The van der Waals surface area contributed by atoms with Crippen LogP contribution in [0.4, 0.5) is 46.0 Å². The number of fused-ring (bicyclic) bond motifs is 10. The van der Waals surface area contributed by atoms with E-state index >= 15 is 0 Å². The summed E-state index contributed by atoms with van der Waals surface area (Å²) < 4.78 is 52.3. The second-order valence-electron chi connectivity index (χ2n) is 20.9. The minimum atomic E-state index is -1.47. The zero-order valence-corrected chi connectivity index (χ0v) is 44.8. The second kappa shape index (κ2) is 22.8. The van der Waals surface area contributed by atoms with Crippen LogP contribution in [0, 0.1) is 46.9 Å². The molecular formula is C62H61Cl4F4N5. The highest BCUT2D eigenvalue weighted by Gasteiger charge is 2.49. The molecule has 0 saturated heterocycles. The third-order valence-corrected chi connectivity index (χ3v) is 17.2. The highest BCUT2D eigenvalue weighted by molar-refractivity contribution is 6.56. The molecule has 4 bridgehead atoms. The third-order valence-electron chi connectivity index (χ3n) is 16.0. The lowest BCUT2D eigenvalue weighted by atomic mass is 9.85. The number of hydrogen-bond acceptors (Lipinski definition) is 5. The van der Waals surface area contributed by atoms with Crippen LogP contribution in [0.1, 0.15) is 116 Å². The molecule has 6 aliphatic rings. The lowest BCUT2D eigenvalue weighted by Gasteiger charge is -2.20. The topological polar surface area (TPSA) is 130 Å². The van der Waals surface area contributed by atoms with Crippen molar-refractivity contribution in [3.8, 4) is 22.3 Å². The van der Waals surface area contributed by atoms with Crippen molar-refractivity contribution in [1.82, 2.24) is 0 Å². The van der Waals surface area contributed by atoms with Gasteiger partial charge in [-0.15, -0.1) is 0 Å². The number of allylic oxidation sites excluding steroid dienone is 1. The fourth-order valence-electron chi connectivity index (χ4n) is 12.5. The largest absolute Gasteiger partial charge is 0.398 e. The van der Waals surface area contributed by atoms with Gasteiger partial charge in [0.25, 0.3) is 0 Å². The Kier molecular flexibility index (Phi) is 16.4. The van der Waals surface area contributed by atoms with E-state index in [0.29, 0.717) is 48.9 Å². The highest BCUT2D eigenvalue weighted by atomic mass is 35.5. The number of halogens is 8. The molecule has 0 amide bonds. The van der Waals surface area contributed by atoms with Gasteiger partial charge in [-0.05, 0) is 198 Å². The standard InChI is InChI=1S/C14H19N.C12H8Cl2FN.C12H11Cl2N.C12H8F3N.C12H15N/c1-8(2)13-10-6-7-11(13)14-9(10)4-3-5-12(14)15;13-10-3-1-7(5-11(10)14)9-6-8(15)2-4-12(9)16;13-12(14)11-7-4-5-8(11)10-6(7)2-1-3-9(10)15;13-9-5-7(6-10(14)12(9)15)8-3-1-2-4-11(8)16;13-12-4-2-1-3-9(12)11-7-10(11)8-5-6-8/h3-5,8,10-11,13H,6-7,15H2,1-2H3;1-6H,16H2;1-3,7-8H,4-5,15H2;1-6H,16H2;1-4,8,10-11H,5-7,13H2. The number of para-hydroxylation sites is 2. The molecule has 0 radical (unpaired) electrons. The fraction of sp³-hybridized carbons (Fsp3) is 0.290. The van der Waals surface area contributed by atoms with E-state index in [1.54, 1.807) is 48.0 Å². The van der Waals surface area contributed by atoms with Crippen LogP contribution in [-0.2, 0) is 0 Å². The average molecular weight is 1090 g/mol. The molecule has 13 rings (SSSR count). The maximum atomic E-state index is 13.1. The van der Waals surface area contributed by atoms with E-state index in [4.69, 9.17) is 75.1 Å². The van der Waals surface area contributed by atoms with Gasteiger partial charge in [0.05, 0.1) is 10.0 Å². The fourth-order valence-corrected chi connectivity index (χ4v) is 13.3. The first-order chi connectivity index (χ1) is 35.9. The molecule has 4 saturated carbocycles. The Morgan fingerprint density at radius 3 is 1.69 bits per heavy atom. The maximum absolute atomic E-state index is 13.1. The van der Waals surface area contributed by atoms with Crippen LogP contribution in [0.5, 0.6) is 0 Å². The number of nitrogen functional groups attached to an aromatic ring is 5. The molecule has 0 aliphatic heterocycles. The van der Waals surface area contributed by atoms with E-state index in [9.17, 15) is 17.6 Å². The van der Waals surface area contributed by atoms with Gasteiger partial charge in [-0.1, -0.05) is 127 Å². The molecule has 7 aromatic rings. The molecule has 7 aromatic carbocycles. The minimum absolute atomic E-state index is 0.217. The Morgan fingerprint density at radius 1 is 0.493 bits per heavy atom. The predicted molar refractivity (Wildman–Crippen MR) is 305 cm³/mol. The van der Waals surface area contributed by atoms with Crippen molar-refractivity contribution in [3.63, 3.8) is 0 Å². The molecule has 75 heavy (non-hydrogen) atoms. The molecule has 7 atom stereocenters. The van der Waals surface area contributed by atoms with Gasteiger partial charge in [-0.25, -0.2) is 17.6 Å². The average Bonchev–Trinajstić information content (AvgIpc) is 4.24. The van der Waals surface area contributed by atoms with Crippen LogP contribution < -0.4 is 28.7 Å². The van der Waals surface area contributed by atoms with Gasteiger partial charge >= 0.3 is 0 Å². The second-order valence-corrected chi connectivity index (χ2v) is 22.6. The Morgan fingerprint density at radius 2 is 1.08 bits per heavy atom. The van der Waals surface area contributed by atoms with Crippen LogP contribution in [0.3, 0.4) is 0 Å². The van der Waals surface area contributed by atoms with E-state index in [2.05, 4.69) is 50.2 Å². The van der Waals surface area contributed by atoms with E-state index < -0.39 is 17.5 Å². The van der Waals surface area contributed by atoms with Crippen molar-refractivity contribution in [3.05, 3.63) is 205 Å². The van der Waals surface area contributed by atoms with Crippen LogP contribution >= 0.6 is 46.4 Å². The summed E-state index contributed by atoms with van der Waals surface area (Å²) in [4.78, 5) is 0. The van der Waals surface area contributed by atoms with Gasteiger partial charge in [-0.2, -0.15) is 0 Å². The maximum Gasteiger partial charge on any atom is 0.194 e. The number of anilines is 5. The Bertz CT molecular complexity index is 3240. The summed E-state index contributed by atoms with van der Waals surface area (Å²) in [6, 6.07) is 38.7. The first-order valence-corrected chi connectivity index (χ1v) is 27.1. The quantitative estimate of drug-likeness (QED) is 0.0666. The van der Waals surface area contributed by atoms with Crippen LogP contribution in [-0.4, -0.2) is 0 Å². The monoisotopic (exact) mass is 1090 g/mol. The number of rotatable bonds is 5. The van der Waals surface area contributed by atoms with E-state index in [-0.39, 0.29) is 11.4 Å². The molecule has 7 unspecified atom stereocenters. The number of benzene rings is 7. The molecule has 0 spiro atoms. The first-order valence-electron chi connectivity index (χ1n) is 25.6. The minimum Gasteiger partial charge on any atom is -0.398 e. The summed E-state index contributed by atoms with van der Waals surface area (Å²) in [7, 11) is 0. The van der Waals surface area contributed by atoms with Crippen molar-refractivity contribution in [2.24, 2.45) is 23.7 Å². The smallest absolute Gasteiger partial charge is 0.194 e. The third kappa shape index (κ3) is 11.5. The molecule has 10 N–H and O–H groups in total. The summed E-state index contributed by atoms with van der Waals surface area (Å²) in [6.45, 7) is 4.72. The highest BCUT2D eigenvalue weighted by Crippen LogP contribution is 2.62. The molecule has 13 heteroatoms. The van der Waals surface area contributed by atoms with Crippen molar-refractivity contribution < 1.29 is 17.6 Å². The van der Waals surface area contributed by atoms with E-state index in [1.807, 2.05) is 24.3 Å². The summed E-state index contributed by atoms with van der Waals surface area (Å²) in [6.07, 6.45) is 9.34. The Hall–Kier alpha value is -5.84. The van der Waals surface area contributed by atoms with Gasteiger partial charge < -0.3 is 28.7 Å². The summed E-state index contributed by atoms with van der Waals surface area (Å²) >= 11 is 23.6. The van der Waals surface area contributed by atoms with Gasteiger partial charge in [0.2, 0.25) is 0 Å². The lowest BCUT2D eigenvalue weighted by Crippen LogP contribution is -2.11. The van der Waals surface area contributed by atoms with Gasteiger partial charge in [0.15, 0.2) is 17.5 Å². The molecule has 4 fully saturated rings. The molecular weight excluding hydrogens is 1030 g/mol. The van der Waals surface area contributed by atoms with E-state index in [0.717, 1.165) is 89.0 Å². The number of hydrogen-bond donors (Lipinski definition) is 5. The molecule has 5 nitrogen and oxygen atoms in total. The van der Waals surface area contributed by atoms with Crippen molar-refractivity contribution >= 4 is 74.8 Å². The lowest BCUT2D eigenvalue weighted by molar-refractivity contribution is 0.352. The Balaban J connectivity index is 0.000000115.